The Balaban J connectivity index is 1.84. The maximum atomic E-state index is 11.4. The molecule has 0 fully saturated rings. The predicted octanol–water partition coefficient (Wildman–Crippen LogP) is 9.50. The van der Waals surface area contributed by atoms with Gasteiger partial charge in [-0.25, -0.2) is 15.0 Å². The van der Waals surface area contributed by atoms with Crippen molar-refractivity contribution in [2.24, 2.45) is 5.92 Å². The quantitative estimate of drug-likeness (QED) is 0.197. The molecule has 1 heterocycles. The molecule has 0 aliphatic rings. The second kappa shape index (κ2) is 13.8. The van der Waals surface area contributed by atoms with Crippen LogP contribution in [0.15, 0.2) is 54.6 Å². The molecule has 0 radical (unpaired) electrons. The first-order valence-electron chi connectivity index (χ1n) is 15.2. The number of hydrogen-bond donors (Lipinski definition) is 1. The molecule has 1 aromatic heterocycles. The summed E-state index contributed by atoms with van der Waals surface area (Å²) in [5.41, 5.74) is 8.91. The number of aromatic nitrogens is 3. The number of nitrogens with zero attached hydrogens (tertiary/aromatic N) is 3. The summed E-state index contributed by atoms with van der Waals surface area (Å²) in [4.78, 5) is 14.9. The van der Waals surface area contributed by atoms with Gasteiger partial charge in [0, 0.05) is 16.7 Å². The fourth-order valence-electron chi connectivity index (χ4n) is 5.34. The van der Waals surface area contributed by atoms with Crippen LogP contribution in [0.3, 0.4) is 0 Å². The number of allylic oxidation sites excluding steroid dienone is 1. The summed E-state index contributed by atoms with van der Waals surface area (Å²) in [6.07, 6.45) is 6.65. The molecule has 1 atom stereocenters. The highest BCUT2D eigenvalue weighted by Gasteiger charge is 2.21. The highest BCUT2D eigenvalue weighted by molar-refractivity contribution is 5.80. The Labute approximate surface area is 251 Å². The first-order chi connectivity index (χ1) is 20.2. The fraction of sp³-hybridized carbons (Fsp3) is 0.378. The smallest absolute Gasteiger partial charge is 0.167 e. The zero-order valence-electron chi connectivity index (χ0n) is 26.5. The number of benzene rings is 3. The molecule has 5 heteroatoms. The molecule has 4 aromatic rings. The normalized spacial score (nSPS) is 12.4. The number of ether oxygens (including phenoxy) is 1. The number of hydrogen-bond acceptors (Lipinski definition) is 5. The van der Waals surface area contributed by atoms with Gasteiger partial charge in [-0.3, -0.25) is 0 Å². The van der Waals surface area contributed by atoms with Crippen molar-refractivity contribution in [3.63, 3.8) is 0 Å². The molecule has 0 amide bonds. The number of phenolic OH excluding ortho intramolecular Hbond substituents is 1. The monoisotopic (exact) mass is 563 g/mol. The largest absolute Gasteiger partial charge is 0.507 e. The minimum atomic E-state index is 0.131. The Morgan fingerprint density at radius 1 is 0.810 bits per heavy atom. The average Bonchev–Trinajstić information content (AvgIpc) is 2.99. The molecule has 0 bridgehead atoms. The maximum absolute atomic E-state index is 11.4. The van der Waals surface area contributed by atoms with E-state index in [2.05, 4.69) is 65.8 Å². The van der Waals surface area contributed by atoms with Crippen LogP contribution >= 0.6 is 0 Å². The number of aromatic hydroxyl groups is 1. The standard InChI is InChI=1S/C37H45N3O2/c1-9-12-16-28(10-2)22-42-33-21-20-32(34(41)27(33)8)37-39-35(29(11-3)30-17-14-13-15-24(30)5)38-36(40-37)31-19-18-23(4)25(6)26(31)7/h11,13-15,17-21,28,41H,9-10,12,16,22H2,1-8H3/b29-11+. The minimum Gasteiger partial charge on any atom is -0.507 e. The molecular weight excluding hydrogens is 518 g/mol. The van der Waals surface area contributed by atoms with Crippen molar-refractivity contribution >= 4 is 5.57 Å². The van der Waals surface area contributed by atoms with Crippen molar-refractivity contribution in [1.29, 1.82) is 0 Å². The van der Waals surface area contributed by atoms with Crippen LogP contribution in [0.1, 0.15) is 85.7 Å². The van der Waals surface area contributed by atoms with Crippen LogP contribution in [0.25, 0.3) is 28.3 Å². The molecule has 0 spiro atoms. The Morgan fingerprint density at radius 3 is 2.17 bits per heavy atom. The lowest BCUT2D eigenvalue weighted by Crippen LogP contribution is -2.12. The van der Waals surface area contributed by atoms with Crippen molar-refractivity contribution in [1.82, 2.24) is 15.0 Å². The van der Waals surface area contributed by atoms with E-state index in [1.165, 1.54) is 24.0 Å². The molecule has 42 heavy (non-hydrogen) atoms. The fourth-order valence-corrected chi connectivity index (χ4v) is 5.34. The molecule has 1 N–H and O–H groups in total. The van der Waals surface area contributed by atoms with Crippen LogP contribution < -0.4 is 4.74 Å². The van der Waals surface area contributed by atoms with E-state index in [9.17, 15) is 5.11 Å². The lowest BCUT2D eigenvalue weighted by Gasteiger charge is -2.18. The molecule has 0 aliphatic heterocycles. The molecule has 0 saturated carbocycles. The molecule has 0 saturated heterocycles. The topological polar surface area (TPSA) is 68.1 Å². The highest BCUT2D eigenvalue weighted by Crippen LogP contribution is 2.38. The molecule has 220 valence electrons. The predicted molar refractivity (Wildman–Crippen MR) is 174 cm³/mol. The van der Waals surface area contributed by atoms with E-state index in [0.29, 0.717) is 46.9 Å². The molecular formula is C37H45N3O2. The van der Waals surface area contributed by atoms with Gasteiger partial charge in [-0.1, -0.05) is 75.6 Å². The molecule has 0 aliphatic carbocycles. The summed E-state index contributed by atoms with van der Waals surface area (Å²) < 4.78 is 6.22. The van der Waals surface area contributed by atoms with Gasteiger partial charge < -0.3 is 9.84 Å². The van der Waals surface area contributed by atoms with E-state index in [1.807, 2.05) is 44.2 Å². The van der Waals surface area contributed by atoms with Crippen LogP contribution in [0.4, 0.5) is 0 Å². The highest BCUT2D eigenvalue weighted by atomic mass is 16.5. The molecule has 4 rings (SSSR count). The van der Waals surface area contributed by atoms with Crippen LogP contribution in [0, 0.1) is 40.5 Å². The van der Waals surface area contributed by atoms with Gasteiger partial charge in [0.1, 0.15) is 11.5 Å². The molecule has 3 aromatic carbocycles. The van der Waals surface area contributed by atoms with Crippen molar-refractivity contribution in [2.45, 2.75) is 81.1 Å². The summed E-state index contributed by atoms with van der Waals surface area (Å²) in [6, 6.07) is 16.2. The average molecular weight is 564 g/mol. The van der Waals surface area contributed by atoms with Crippen LogP contribution in [0.2, 0.25) is 0 Å². The third kappa shape index (κ3) is 6.56. The third-order valence-electron chi connectivity index (χ3n) is 8.54. The zero-order chi connectivity index (χ0) is 30.4. The lowest BCUT2D eigenvalue weighted by molar-refractivity contribution is 0.231. The van der Waals surface area contributed by atoms with Gasteiger partial charge in [-0.2, -0.15) is 0 Å². The van der Waals surface area contributed by atoms with Gasteiger partial charge in [-0.15, -0.1) is 0 Å². The number of aryl methyl sites for hydroxylation is 2. The van der Waals surface area contributed by atoms with Crippen molar-refractivity contribution < 1.29 is 9.84 Å². The van der Waals surface area contributed by atoms with E-state index < -0.39 is 0 Å². The minimum absolute atomic E-state index is 0.131. The first kappa shape index (κ1) is 31.0. The third-order valence-corrected chi connectivity index (χ3v) is 8.54. The second-order valence-corrected chi connectivity index (χ2v) is 11.3. The molecule has 5 nitrogen and oxygen atoms in total. The second-order valence-electron chi connectivity index (χ2n) is 11.3. The first-order valence-corrected chi connectivity index (χ1v) is 15.2. The van der Waals surface area contributed by atoms with Crippen molar-refractivity contribution in [3.8, 4) is 34.3 Å². The van der Waals surface area contributed by atoms with Gasteiger partial charge in [0.05, 0.1) is 12.2 Å². The van der Waals surface area contributed by atoms with Gasteiger partial charge >= 0.3 is 0 Å². The number of phenols is 1. The Bertz CT molecular complexity index is 1590. The lowest BCUT2D eigenvalue weighted by atomic mass is 9.97. The number of unbranched alkanes of at least 4 members (excludes halogenated alkanes) is 1. The van der Waals surface area contributed by atoms with E-state index in [1.54, 1.807) is 0 Å². The summed E-state index contributed by atoms with van der Waals surface area (Å²) >= 11 is 0. The van der Waals surface area contributed by atoms with E-state index in [0.717, 1.165) is 40.7 Å². The van der Waals surface area contributed by atoms with E-state index >= 15 is 0 Å². The van der Waals surface area contributed by atoms with Gasteiger partial charge in [0.25, 0.3) is 0 Å². The number of rotatable bonds is 11. The van der Waals surface area contributed by atoms with Crippen LogP contribution in [-0.4, -0.2) is 26.7 Å². The Morgan fingerprint density at radius 2 is 1.50 bits per heavy atom. The van der Waals surface area contributed by atoms with Crippen molar-refractivity contribution in [3.05, 3.63) is 93.8 Å². The summed E-state index contributed by atoms with van der Waals surface area (Å²) in [6.45, 7) is 17.4. The van der Waals surface area contributed by atoms with Gasteiger partial charge in [0.15, 0.2) is 17.5 Å². The van der Waals surface area contributed by atoms with E-state index in [4.69, 9.17) is 19.7 Å². The Hall–Kier alpha value is -3.99. The van der Waals surface area contributed by atoms with E-state index in [-0.39, 0.29) is 5.75 Å². The summed E-state index contributed by atoms with van der Waals surface area (Å²) in [7, 11) is 0. The molecule has 1 unspecified atom stereocenters. The summed E-state index contributed by atoms with van der Waals surface area (Å²) in [5.74, 6) is 2.92. The van der Waals surface area contributed by atoms with Gasteiger partial charge in [0.2, 0.25) is 0 Å². The van der Waals surface area contributed by atoms with Gasteiger partial charge in [-0.05, 0) is 93.8 Å². The van der Waals surface area contributed by atoms with Crippen molar-refractivity contribution in [2.75, 3.05) is 6.61 Å². The summed E-state index contributed by atoms with van der Waals surface area (Å²) in [5, 5.41) is 11.4. The van der Waals surface area contributed by atoms with Crippen LogP contribution in [-0.2, 0) is 0 Å². The maximum Gasteiger partial charge on any atom is 0.167 e. The SMILES string of the molecule is C/C=C(/c1nc(-c2ccc(C)c(C)c2C)nc(-c2ccc(OCC(CC)CCCC)c(C)c2O)n1)c1ccccc1C. The van der Waals surface area contributed by atoms with Crippen LogP contribution in [0.5, 0.6) is 11.5 Å². The Kier molecular flexibility index (Phi) is 10.2. The zero-order valence-corrected chi connectivity index (χ0v) is 26.5.